The fourth-order valence-electron chi connectivity index (χ4n) is 1.17. The average molecular weight is 280 g/mol. The zero-order valence-electron chi connectivity index (χ0n) is 9.39. The number of halogens is 1. The Labute approximate surface area is 105 Å². The Kier molecular flexibility index (Phi) is 5.10. The molecule has 0 atom stereocenters. The summed E-state index contributed by atoms with van der Waals surface area (Å²) in [6.45, 7) is 1.25. The van der Waals surface area contributed by atoms with E-state index in [0.717, 1.165) is 0 Å². The maximum absolute atomic E-state index is 11.3. The van der Waals surface area contributed by atoms with Gasteiger partial charge in [-0.25, -0.2) is 18.2 Å². The van der Waals surface area contributed by atoms with Crippen molar-refractivity contribution >= 4 is 21.4 Å². The zero-order valence-corrected chi connectivity index (χ0v) is 11.0. The molecule has 1 heterocycles. The third-order valence-electron chi connectivity index (χ3n) is 2.00. The van der Waals surface area contributed by atoms with Gasteiger partial charge in [-0.1, -0.05) is 11.6 Å². The average Bonchev–Trinajstić information content (AvgIpc) is 2.21. The molecule has 0 amide bonds. The minimum Gasteiger partial charge on any atom is -0.314 e. The predicted octanol–water partition coefficient (Wildman–Crippen LogP) is -0.469. The van der Waals surface area contributed by atoms with E-state index < -0.39 is 9.84 Å². The minimum atomic E-state index is -2.95. The van der Waals surface area contributed by atoms with E-state index in [2.05, 4.69) is 10.3 Å². The standard InChI is InChI=1S/C9H14ClN3O3S/c1-17(15,16)5-3-11-2-4-13-7-8(10)6-12-9(13)14/h6-7,11H,2-5H2,1H3. The second-order valence-electron chi connectivity index (χ2n) is 3.63. The summed E-state index contributed by atoms with van der Waals surface area (Å²) < 4.78 is 23.1. The number of hydrogen-bond acceptors (Lipinski definition) is 5. The van der Waals surface area contributed by atoms with Crippen LogP contribution < -0.4 is 11.0 Å². The van der Waals surface area contributed by atoms with Crippen LogP contribution in [0.15, 0.2) is 17.2 Å². The highest BCUT2D eigenvalue weighted by molar-refractivity contribution is 7.90. The van der Waals surface area contributed by atoms with Crippen LogP contribution in [0.4, 0.5) is 0 Å². The first-order valence-electron chi connectivity index (χ1n) is 4.99. The van der Waals surface area contributed by atoms with Gasteiger partial charge in [0.25, 0.3) is 0 Å². The summed E-state index contributed by atoms with van der Waals surface area (Å²) in [7, 11) is -2.95. The molecule has 6 nitrogen and oxygen atoms in total. The smallest absolute Gasteiger partial charge is 0.314 e. The lowest BCUT2D eigenvalue weighted by molar-refractivity contribution is 0.576. The Morgan fingerprint density at radius 3 is 2.82 bits per heavy atom. The largest absolute Gasteiger partial charge is 0.347 e. The van der Waals surface area contributed by atoms with Gasteiger partial charge in [0.15, 0.2) is 0 Å². The summed E-state index contributed by atoms with van der Waals surface area (Å²) in [5.41, 5.74) is -0.376. The molecule has 1 rings (SSSR count). The molecular formula is C9H14ClN3O3S. The van der Waals surface area contributed by atoms with Crippen molar-refractivity contribution in [2.24, 2.45) is 0 Å². The van der Waals surface area contributed by atoms with Crippen molar-refractivity contribution < 1.29 is 8.42 Å². The van der Waals surface area contributed by atoms with Gasteiger partial charge in [0, 0.05) is 32.1 Å². The molecule has 0 unspecified atom stereocenters. The third kappa shape index (κ3) is 5.81. The van der Waals surface area contributed by atoms with Crippen LogP contribution in [0.25, 0.3) is 0 Å². The molecule has 0 aliphatic heterocycles. The molecule has 1 aromatic rings. The Morgan fingerprint density at radius 2 is 2.18 bits per heavy atom. The van der Waals surface area contributed by atoms with Gasteiger partial charge < -0.3 is 5.32 Å². The lowest BCUT2D eigenvalue weighted by atomic mass is 10.5. The molecule has 0 aliphatic carbocycles. The number of aromatic nitrogens is 2. The van der Waals surface area contributed by atoms with Crippen LogP contribution in [-0.4, -0.2) is 43.1 Å². The molecule has 0 saturated heterocycles. The van der Waals surface area contributed by atoms with Crippen LogP contribution in [0.2, 0.25) is 5.02 Å². The van der Waals surface area contributed by atoms with Crippen molar-refractivity contribution in [1.82, 2.24) is 14.9 Å². The van der Waals surface area contributed by atoms with Crippen LogP contribution in [0, 0.1) is 0 Å². The van der Waals surface area contributed by atoms with Crippen LogP contribution in [0.1, 0.15) is 0 Å². The summed E-state index contributed by atoms with van der Waals surface area (Å²) in [6, 6.07) is 0. The molecule has 0 fully saturated rings. The van der Waals surface area contributed by atoms with Crippen molar-refractivity contribution in [3.05, 3.63) is 27.9 Å². The highest BCUT2D eigenvalue weighted by atomic mass is 35.5. The first-order valence-corrected chi connectivity index (χ1v) is 7.43. The lowest BCUT2D eigenvalue weighted by Crippen LogP contribution is -2.30. The normalized spacial score (nSPS) is 11.6. The molecule has 0 bridgehead atoms. The van der Waals surface area contributed by atoms with Crippen molar-refractivity contribution in [3.63, 3.8) is 0 Å². The van der Waals surface area contributed by atoms with Crippen LogP contribution >= 0.6 is 11.6 Å². The second kappa shape index (κ2) is 6.13. The topological polar surface area (TPSA) is 81.1 Å². The van der Waals surface area contributed by atoms with Gasteiger partial charge in [-0.3, -0.25) is 4.57 Å². The summed E-state index contributed by atoms with van der Waals surface area (Å²) in [5, 5.41) is 3.32. The first-order chi connectivity index (χ1) is 7.88. The van der Waals surface area contributed by atoms with Gasteiger partial charge in [0.2, 0.25) is 0 Å². The number of hydrogen-bond donors (Lipinski definition) is 1. The lowest BCUT2D eigenvalue weighted by Gasteiger charge is -2.06. The number of rotatable bonds is 6. The van der Waals surface area contributed by atoms with Gasteiger partial charge in [-0.15, -0.1) is 0 Å². The van der Waals surface area contributed by atoms with E-state index in [4.69, 9.17) is 11.6 Å². The van der Waals surface area contributed by atoms with E-state index in [1.54, 1.807) is 0 Å². The molecule has 0 aromatic carbocycles. The maximum atomic E-state index is 11.3. The number of nitrogens with one attached hydrogen (secondary N) is 1. The quantitative estimate of drug-likeness (QED) is 0.712. The van der Waals surface area contributed by atoms with Gasteiger partial charge in [0.05, 0.1) is 17.0 Å². The Balaban J connectivity index is 2.36. The highest BCUT2D eigenvalue weighted by Gasteiger charge is 2.01. The van der Waals surface area contributed by atoms with E-state index in [9.17, 15) is 13.2 Å². The molecule has 0 saturated carbocycles. The fraction of sp³-hybridized carbons (Fsp3) is 0.556. The predicted molar refractivity (Wildman–Crippen MR) is 66.1 cm³/mol. The van der Waals surface area contributed by atoms with E-state index in [0.29, 0.717) is 24.7 Å². The summed E-state index contributed by atoms with van der Waals surface area (Å²) >= 11 is 5.69. The molecule has 0 spiro atoms. The van der Waals surface area contributed by atoms with E-state index >= 15 is 0 Å². The van der Waals surface area contributed by atoms with Crippen LogP contribution in [0.5, 0.6) is 0 Å². The van der Waals surface area contributed by atoms with Crippen molar-refractivity contribution in [3.8, 4) is 0 Å². The van der Waals surface area contributed by atoms with Crippen molar-refractivity contribution in [1.29, 1.82) is 0 Å². The van der Waals surface area contributed by atoms with Crippen LogP contribution in [-0.2, 0) is 16.4 Å². The monoisotopic (exact) mass is 279 g/mol. The molecule has 96 valence electrons. The molecule has 8 heteroatoms. The Hall–Kier alpha value is -0.920. The Bertz CT molecular complexity index is 527. The SMILES string of the molecule is CS(=O)(=O)CCNCCn1cc(Cl)cnc1=O. The first kappa shape index (κ1) is 14.1. The Morgan fingerprint density at radius 1 is 1.47 bits per heavy atom. The second-order valence-corrected chi connectivity index (χ2v) is 6.32. The van der Waals surface area contributed by atoms with Gasteiger partial charge in [-0.2, -0.15) is 0 Å². The molecule has 17 heavy (non-hydrogen) atoms. The molecule has 1 N–H and O–H groups in total. The molecular weight excluding hydrogens is 266 g/mol. The zero-order chi connectivity index (χ0) is 12.9. The van der Waals surface area contributed by atoms with Crippen molar-refractivity contribution in [2.45, 2.75) is 6.54 Å². The molecule has 0 aliphatic rings. The van der Waals surface area contributed by atoms with E-state index in [-0.39, 0.29) is 11.4 Å². The summed E-state index contributed by atoms with van der Waals surface area (Å²) in [5.74, 6) is 0.0791. The summed E-state index contributed by atoms with van der Waals surface area (Å²) in [4.78, 5) is 14.8. The molecule has 0 radical (unpaired) electrons. The molecule has 1 aromatic heterocycles. The van der Waals surface area contributed by atoms with Gasteiger partial charge in [0.1, 0.15) is 9.84 Å². The highest BCUT2D eigenvalue weighted by Crippen LogP contribution is 2.00. The number of nitrogens with zero attached hydrogens (tertiary/aromatic N) is 2. The maximum Gasteiger partial charge on any atom is 0.347 e. The summed E-state index contributed by atoms with van der Waals surface area (Å²) in [6.07, 6.45) is 3.96. The van der Waals surface area contributed by atoms with E-state index in [1.807, 2.05) is 0 Å². The van der Waals surface area contributed by atoms with Crippen molar-refractivity contribution in [2.75, 3.05) is 25.1 Å². The number of sulfone groups is 1. The fourth-order valence-corrected chi connectivity index (χ4v) is 1.85. The van der Waals surface area contributed by atoms with Crippen LogP contribution in [0.3, 0.4) is 0 Å². The van der Waals surface area contributed by atoms with E-state index in [1.165, 1.54) is 23.2 Å². The van der Waals surface area contributed by atoms with Gasteiger partial charge >= 0.3 is 5.69 Å². The minimum absolute atomic E-state index is 0.0791. The van der Waals surface area contributed by atoms with Gasteiger partial charge in [-0.05, 0) is 0 Å². The third-order valence-corrected chi connectivity index (χ3v) is 3.14.